The maximum Gasteiger partial charge on any atom is 0.223 e. The van der Waals surface area contributed by atoms with E-state index in [1.165, 1.54) is 6.42 Å². The summed E-state index contributed by atoms with van der Waals surface area (Å²) in [4.78, 5) is 16.5. The SMILES string of the molecule is NC1CCC(C(=O)NC2CCCC2n2ccnc2)CC1. The quantitative estimate of drug-likeness (QED) is 0.881. The summed E-state index contributed by atoms with van der Waals surface area (Å²) in [6.45, 7) is 0. The van der Waals surface area contributed by atoms with E-state index in [9.17, 15) is 4.79 Å². The Morgan fingerprint density at radius 2 is 2.00 bits per heavy atom. The molecule has 110 valence electrons. The molecule has 3 N–H and O–H groups in total. The molecule has 0 aromatic carbocycles. The Bertz CT molecular complexity index is 437. The Hall–Kier alpha value is -1.36. The van der Waals surface area contributed by atoms with E-state index in [0.29, 0.717) is 12.1 Å². The number of carbonyl (C=O) groups is 1. The van der Waals surface area contributed by atoms with Gasteiger partial charge in [0.25, 0.3) is 0 Å². The average molecular weight is 276 g/mol. The van der Waals surface area contributed by atoms with Crippen LogP contribution in [0.3, 0.4) is 0 Å². The van der Waals surface area contributed by atoms with E-state index >= 15 is 0 Å². The normalized spacial score (nSPS) is 34.0. The fraction of sp³-hybridized carbons (Fsp3) is 0.733. The summed E-state index contributed by atoms with van der Waals surface area (Å²) in [5.74, 6) is 0.396. The molecule has 5 heteroatoms. The molecular weight excluding hydrogens is 252 g/mol. The summed E-state index contributed by atoms with van der Waals surface area (Å²) in [5, 5.41) is 3.27. The van der Waals surface area contributed by atoms with Crippen LogP contribution in [-0.2, 0) is 4.79 Å². The van der Waals surface area contributed by atoms with Gasteiger partial charge in [0.1, 0.15) is 0 Å². The van der Waals surface area contributed by atoms with Crippen molar-refractivity contribution in [1.82, 2.24) is 14.9 Å². The predicted octanol–water partition coefficient (Wildman–Crippen LogP) is 1.61. The van der Waals surface area contributed by atoms with Crippen LogP contribution in [0.25, 0.3) is 0 Å². The molecule has 1 aromatic heterocycles. The smallest absolute Gasteiger partial charge is 0.223 e. The van der Waals surface area contributed by atoms with Crippen molar-refractivity contribution in [3.63, 3.8) is 0 Å². The van der Waals surface area contributed by atoms with E-state index in [0.717, 1.165) is 38.5 Å². The van der Waals surface area contributed by atoms with Crippen molar-refractivity contribution in [1.29, 1.82) is 0 Å². The van der Waals surface area contributed by atoms with Crippen molar-refractivity contribution in [3.05, 3.63) is 18.7 Å². The minimum atomic E-state index is 0.166. The van der Waals surface area contributed by atoms with Gasteiger partial charge in [0.15, 0.2) is 0 Å². The second kappa shape index (κ2) is 5.95. The lowest BCUT2D eigenvalue weighted by Crippen LogP contribution is -2.43. The second-order valence-electron chi connectivity index (χ2n) is 6.23. The van der Waals surface area contributed by atoms with Crippen molar-refractivity contribution < 1.29 is 4.79 Å². The Kier molecular flexibility index (Phi) is 4.05. The van der Waals surface area contributed by atoms with E-state index < -0.39 is 0 Å². The number of amides is 1. The fourth-order valence-corrected chi connectivity index (χ4v) is 3.61. The summed E-state index contributed by atoms with van der Waals surface area (Å²) in [7, 11) is 0. The molecule has 2 aliphatic carbocycles. The van der Waals surface area contributed by atoms with E-state index in [1.54, 1.807) is 6.20 Å². The van der Waals surface area contributed by atoms with Crippen molar-refractivity contribution in [2.45, 2.75) is 63.1 Å². The average Bonchev–Trinajstić information content (AvgIpc) is 3.09. The summed E-state index contributed by atoms with van der Waals surface area (Å²) in [6, 6.07) is 0.920. The lowest BCUT2D eigenvalue weighted by molar-refractivity contribution is -0.126. The molecule has 0 aliphatic heterocycles. The lowest BCUT2D eigenvalue weighted by Gasteiger charge is -2.28. The number of nitrogens with zero attached hydrogens (tertiary/aromatic N) is 2. The Balaban J connectivity index is 1.58. The summed E-state index contributed by atoms with van der Waals surface area (Å²) in [5.41, 5.74) is 5.90. The van der Waals surface area contributed by atoms with Crippen molar-refractivity contribution in [3.8, 4) is 0 Å². The number of hydrogen-bond acceptors (Lipinski definition) is 3. The van der Waals surface area contributed by atoms with Gasteiger partial charge >= 0.3 is 0 Å². The first-order valence-electron chi connectivity index (χ1n) is 7.77. The van der Waals surface area contributed by atoms with Crippen LogP contribution < -0.4 is 11.1 Å². The van der Waals surface area contributed by atoms with Crippen LogP contribution in [-0.4, -0.2) is 27.5 Å². The predicted molar refractivity (Wildman–Crippen MR) is 77.0 cm³/mol. The Labute approximate surface area is 119 Å². The molecular formula is C15H24N4O. The van der Waals surface area contributed by atoms with Gasteiger partial charge in [0.2, 0.25) is 5.91 Å². The third kappa shape index (κ3) is 2.87. The molecule has 3 rings (SSSR count). The van der Waals surface area contributed by atoms with Crippen molar-refractivity contribution >= 4 is 5.91 Å². The minimum Gasteiger partial charge on any atom is -0.351 e. The zero-order valence-electron chi connectivity index (χ0n) is 11.9. The van der Waals surface area contributed by atoms with E-state index in [4.69, 9.17) is 5.73 Å². The third-order valence-electron chi connectivity index (χ3n) is 4.86. The van der Waals surface area contributed by atoms with E-state index in [1.807, 2.05) is 12.5 Å². The lowest BCUT2D eigenvalue weighted by atomic mass is 9.85. The maximum atomic E-state index is 12.4. The molecule has 0 bridgehead atoms. The van der Waals surface area contributed by atoms with Crippen LogP contribution in [0.2, 0.25) is 0 Å². The van der Waals surface area contributed by atoms with Gasteiger partial charge in [0, 0.05) is 30.4 Å². The zero-order chi connectivity index (χ0) is 13.9. The molecule has 1 amide bonds. The highest BCUT2D eigenvalue weighted by Gasteiger charge is 2.32. The summed E-state index contributed by atoms with van der Waals surface area (Å²) in [6.07, 6.45) is 12.9. The first kappa shape index (κ1) is 13.6. The molecule has 5 nitrogen and oxygen atoms in total. The van der Waals surface area contributed by atoms with Gasteiger partial charge < -0.3 is 15.6 Å². The molecule has 2 unspecified atom stereocenters. The number of nitrogens with two attached hydrogens (primary N) is 1. The third-order valence-corrected chi connectivity index (χ3v) is 4.86. The molecule has 0 radical (unpaired) electrons. The highest BCUT2D eigenvalue weighted by molar-refractivity contribution is 5.79. The number of rotatable bonds is 3. The van der Waals surface area contributed by atoms with Gasteiger partial charge in [-0.25, -0.2) is 4.98 Å². The van der Waals surface area contributed by atoms with Gasteiger partial charge in [0.05, 0.1) is 12.4 Å². The van der Waals surface area contributed by atoms with Crippen LogP contribution in [0.4, 0.5) is 0 Å². The van der Waals surface area contributed by atoms with Gasteiger partial charge in [-0.1, -0.05) is 0 Å². The number of hydrogen-bond donors (Lipinski definition) is 2. The maximum absolute atomic E-state index is 12.4. The van der Waals surface area contributed by atoms with Gasteiger partial charge in [-0.2, -0.15) is 0 Å². The van der Waals surface area contributed by atoms with Gasteiger partial charge in [-0.05, 0) is 44.9 Å². The Morgan fingerprint density at radius 1 is 1.20 bits per heavy atom. The number of aromatic nitrogens is 2. The molecule has 2 atom stereocenters. The number of imidazole rings is 1. The summed E-state index contributed by atoms with van der Waals surface area (Å²) < 4.78 is 2.13. The summed E-state index contributed by atoms with van der Waals surface area (Å²) >= 11 is 0. The van der Waals surface area contributed by atoms with Crippen LogP contribution >= 0.6 is 0 Å². The number of nitrogens with one attached hydrogen (secondary N) is 1. The molecule has 2 aliphatic rings. The monoisotopic (exact) mass is 276 g/mol. The first-order valence-corrected chi connectivity index (χ1v) is 7.77. The van der Waals surface area contributed by atoms with Gasteiger partial charge in [-0.15, -0.1) is 0 Å². The molecule has 1 aromatic rings. The van der Waals surface area contributed by atoms with Crippen LogP contribution in [0, 0.1) is 5.92 Å². The van der Waals surface area contributed by atoms with E-state index in [2.05, 4.69) is 14.9 Å². The fourth-order valence-electron chi connectivity index (χ4n) is 3.61. The van der Waals surface area contributed by atoms with Crippen LogP contribution in [0.1, 0.15) is 51.0 Å². The molecule has 2 fully saturated rings. The largest absolute Gasteiger partial charge is 0.351 e. The molecule has 20 heavy (non-hydrogen) atoms. The number of carbonyl (C=O) groups excluding carboxylic acids is 1. The van der Waals surface area contributed by atoms with Crippen LogP contribution in [0.5, 0.6) is 0 Å². The zero-order valence-corrected chi connectivity index (χ0v) is 11.9. The topological polar surface area (TPSA) is 72.9 Å². The first-order chi connectivity index (χ1) is 9.74. The highest BCUT2D eigenvalue weighted by Crippen LogP contribution is 2.31. The Morgan fingerprint density at radius 3 is 2.70 bits per heavy atom. The minimum absolute atomic E-state index is 0.166. The van der Waals surface area contributed by atoms with Gasteiger partial charge in [-0.3, -0.25) is 4.79 Å². The van der Waals surface area contributed by atoms with E-state index in [-0.39, 0.29) is 17.9 Å². The molecule has 2 saturated carbocycles. The second-order valence-corrected chi connectivity index (χ2v) is 6.23. The molecule has 0 spiro atoms. The highest BCUT2D eigenvalue weighted by atomic mass is 16.2. The molecule has 1 heterocycles. The molecule has 0 saturated heterocycles. The van der Waals surface area contributed by atoms with Crippen molar-refractivity contribution in [2.75, 3.05) is 0 Å². The van der Waals surface area contributed by atoms with Crippen LogP contribution in [0.15, 0.2) is 18.7 Å². The van der Waals surface area contributed by atoms with Crippen molar-refractivity contribution in [2.24, 2.45) is 11.7 Å². The standard InChI is InChI=1S/C15H24N4O/c16-12-6-4-11(5-7-12)15(20)18-13-2-1-3-14(13)19-9-8-17-10-19/h8-14H,1-7,16H2,(H,18,20).